The van der Waals surface area contributed by atoms with Gasteiger partial charge in [-0.25, -0.2) is 4.39 Å². The minimum atomic E-state index is -0.383. The van der Waals surface area contributed by atoms with Crippen LogP contribution >= 0.6 is 27.5 Å². The van der Waals surface area contributed by atoms with Gasteiger partial charge in [-0.15, -0.1) is 0 Å². The van der Waals surface area contributed by atoms with E-state index in [0.717, 1.165) is 36.1 Å². The second-order valence-electron chi connectivity index (χ2n) is 5.79. The Balaban J connectivity index is 1.89. The Morgan fingerprint density at radius 3 is 2.62 bits per heavy atom. The fraction of sp³-hybridized carbons (Fsp3) is 0.278. The summed E-state index contributed by atoms with van der Waals surface area (Å²) in [7, 11) is 0. The Hall–Kier alpha value is -1.59. The molecule has 2 aromatic rings. The quantitative estimate of drug-likeness (QED) is 0.725. The highest BCUT2D eigenvalue weighted by atomic mass is 79.9. The number of nitrogens with zero attached hydrogens (tertiary/aromatic N) is 1. The molecule has 3 rings (SSSR count). The molecule has 0 bridgehead atoms. The Labute approximate surface area is 153 Å². The van der Waals surface area contributed by atoms with Crippen LogP contribution in [0.4, 0.5) is 15.8 Å². The van der Waals surface area contributed by atoms with E-state index in [1.54, 1.807) is 24.3 Å². The number of nitrogens with one attached hydrogen (secondary N) is 1. The number of carbonyl (C=O) groups is 1. The molecule has 1 aliphatic heterocycles. The molecule has 0 aromatic heterocycles. The number of carbonyl (C=O) groups excluding carboxylic acids is 1. The Bertz CT molecular complexity index is 763. The maximum atomic E-state index is 13.7. The highest BCUT2D eigenvalue weighted by molar-refractivity contribution is 9.10. The zero-order valence-electron chi connectivity index (χ0n) is 13.0. The zero-order valence-corrected chi connectivity index (χ0v) is 15.3. The molecule has 1 heterocycles. The molecule has 1 N–H and O–H groups in total. The molecule has 0 unspecified atom stereocenters. The molecule has 0 radical (unpaired) electrons. The Morgan fingerprint density at radius 2 is 1.88 bits per heavy atom. The number of hydrogen-bond donors (Lipinski definition) is 1. The third-order valence-corrected chi connectivity index (χ3v) is 4.90. The van der Waals surface area contributed by atoms with Crippen molar-refractivity contribution in [2.75, 3.05) is 23.3 Å². The molecule has 1 aliphatic rings. The van der Waals surface area contributed by atoms with Crippen molar-refractivity contribution in [3.05, 3.63) is 57.3 Å². The predicted octanol–water partition coefficient (Wildman–Crippen LogP) is 5.48. The molecule has 126 valence electrons. The Kier molecular flexibility index (Phi) is 5.41. The summed E-state index contributed by atoms with van der Waals surface area (Å²) in [6.07, 6.45) is 3.40. The van der Waals surface area contributed by atoms with Crippen LogP contribution in [0, 0.1) is 5.82 Å². The van der Waals surface area contributed by atoms with Crippen LogP contribution in [0.3, 0.4) is 0 Å². The van der Waals surface area contributed by atoms with Crippen LogP contribution < -0.4 is 10.2 Å². The van der Waals surface area contributed by atoms with E-state index in [0.29, 0.717) is 16.3 Å². The highest BCUT2D eigenvalue weighted by Gasteiger charge is 2.18. The van der Waals surface area contributed by atoms with Gasteiger partial charge >= 0.3 is 0 Å². The summed E-state index contributed by atoms with van der Waals surface area (Å²) >= 11 is 9.44. The summed E-state index contributed by atoms with van der Waals surface area (Å²) < 4.78 is 14.5. The summed E-state index contributed by atoms with van der Waals surface area (Å²) in [6, 6.07) is 9.56. The van der Waals surface area contributed by atoms with E-state index in [4.69, 9.17) is 11.6 Å². The van der Waals surface area contributed by atoms with E-state index in [2.05, 4.69) is 26.1 Å². The molecular formula is C18H17BrClFN2O. The molecule has 3 nitrogen and oxygen atoms in total. The number of halogens is 3. The lowest BCUT2D eigenvalue weighted by Crippen LogP contribution is -2.30. The van der Waals surface area contributed by atoms with Gasteiger partial charge in [0.2, 0.25) is 0 Å². The largest absolute Gasteiger partial charge is 0.370 e. The van der Waals surface area contributed by atoms with Crippen LogP contribution in [0.5, 0.6) is 0 Å². The van der Waals surface area contributed by atoms with Crippen LogP contribution in [0.2, 0.25) is 5.02 Å². The number of anilines is 2. The number of amides is 1. The SMILES string of the molecule is O=C(Nc1cc(F)ccc1N1CCCCC1)c1cc(Br)ccc1Cl. The molecule has 1 amide bonds. The molecular weight excluding hydrogens is 395 g/mol. The number of rotatable bonds is 3. The second-order valence-corrected chi connectivity index (χ2v) is 7.11. The van der Waals surface area contributed by atoms with E-state index in [-0.39, 0.29) is 11.7 Å². The molecule has 6 heteroatoms. The lowest BCUT2D eigenvalue weighted by atomic mass is 10.1. The lowest BCUT2D eigenvalue weighted by Gasteiger charge is -2.30. The van der Waals surface area contributed by atoms with Crippen molar-refractivity contribution < 1.29 is 9.18 Å². The molecule has 1 saturated heterocycles. The molecule has 0 spiro atoms. The van der Waals surface area contributed by atoms with Crippen molar-refractivity contribution in [2.24, 2.45) is 0 Å². The van der Waals surface area contributed by atoms with Gasteiger partial charge in [0, 0.05) is 17.6 Å². The fourth-order valence-electron chi connectivity index (χ4n) is 2.88. The maximum Gasteiger partial charge on any atom is 0.257 e. The average Bonchev–Trinajstić information content (AvgIpc) is 2.58. The van der Waals surface area contributed by atoms with Gasteiger partial charge in [0.25, 0.3) is 5.91 Å². The van der Waals surface area contributed by atoms with Crippen molar-refractivity contribution in [3.63, 3.8) is 0 Å². The van der Waals surface area contributed by atoms with Crippen LogP contribution in [-0.4, -0.2) is 19.0 Å². The van der Waals surface area contributed by atoms with Crippen molar-refractivity contribution in [1.82, 2.24) is 0 Å². The Morgan fingerprint density at radius 1 is 1.12 bits per heavy atom. The normalized spacial score (nSPS) is 14.5. The molecule has 2 aromatic carbocycles. The summed E-state index contributed by atoms with van der Waals surface area (Å²) in [5, 5.41) is 3.16. The van der Waals surface area contributed by atoms with Crippen LogP contribution in [-0.2, 0) is 0 Å². The lowest BCUT2D eigenvalue weighted by molar-refractivity contribution is 0.102. The minimum absolute atomic E-state index is 0.347. The monoisotopic (exact) mass is 410 g/mol. The predicted molar refractivity (Wildman–Crippen MR) is 99.6 cm³/mol. The molecule has 0 saturated carbocycles. The first-order valence-corrected chi connectivity index (χ1v) is 9.02. The van der Waals surface area contributed by atoms with Gasteiger partial charge in [-0.1, -0.05) is 27.5 Å². The molecule has 24 heavy (non-hydrogen) atoms. The molecule has 0 atom stereocenters. The smallest absolute Gasteiger partial charge is 0.257 e. The van der Waals surface area contributed by atoms with Gasteiger partial charge in [0.05, 0.1) is 22.0 Å². The second kappa shape index (κ2) is 7.53. The third kappa shape index (κ3) is 3.90. The molecule has 0 aliphatic carbocycles. The van der Waals surface area contributed by atoms with E-state index >= 15 is 0 Å². The van der Waals surface area contributed by atoms with Crippen LogP contribution in [0.15, 0.2) is 40.9 Å². The van der Waals surface area contributed by atoms with Crippen molar-refractivity contribution in [3.8, 4) is 0 Å². The van der Waals surface area contributed by atoms with Gasteiger partial charge in [-0.2, -0.15) is 0 Å². The van der Waals surface area contributed by atoms with E-state index in [1.165, 1.54) is 18.6 Å². The van der Waals surface area contributed by atoms with Gasteiger partial charge in [-0.3, -0.25) is 4.79 Å². The van der Waals surface area contributed by atoms with Crippen molar-refractivity contribution >= 4 is 44.8 Å². The number of piperidine rings is 1. The number of benzene rings is 2. The topological polar surface area (TPSA) is 32.3 Å². The fourth-order valence-corrected chi connectivity index (χ4v) is 3.44. The van der Waals surface area contributed by atoms with E-state index in [9.17, 15) is 9.18 Å². The summed E-state index contributed by atoms with van der Waals surface area (Å²) in [6.45, 7) is 1.82. The highest BCUT2D eigenvalue weighted by Crippen LogP contribution is 2.30. The van der Waals surface area contributed by atoms with Crippen LogP contribution in [0.1, 0.15) is 29.6 Å². The van der Waals surface area contributed by atoms with Gasteiger partial charge in [0.15, 0.2) is 0 Å². The van der Waals surface area contributed by atoms with Crippen molar-refractivity contribution in [1.29, 1.82) is 0 Å². The van der Waals surface area contributed by atoms with Gasteiger partial charge in [0.1, 0.15) is 5.82 Å². The van der Waals surface area contributed by atoms with Crippen molar-refractivity contribution in [2.45, 2.75) is 19.3 Å². The van der Waals surface area contributed by atoms with E-state index in [1.807, 2.05) is 0 Å². The first-order chi connectivity index (χ1) is 11.5. The average molecular weight is 412 g/mol. The zero-order chi connectivity index (χ0) is 17.1. The van der Waals surface area contributed by atoms with Gasteiger partial charge < -0.3 is 10.2 Å². The maximum absolute atomic E-state index is 13.7. The first kappa shape index (κ1) is 17.2. The molecule has 1 fully saturated rings. The first-order valence-electron chi connectivity index (χ1n) is 7.85. The summed E-state index contributed by atoms with van der Waals surface area (Å²) in [5.41, 5.74) is 1.66. The van der Waals surface area contributed by atoms with Crippen LogP contribution in [0.25, 0.3) is 0 Å². The van der Waals surface area contributed by atoms with E-state index < -0.39 is 0 Å². The third-order valence-electron chi connectivity index (χ3n) is 4.08. The summed E-state index contributed by atoms with van der Waals surface area (Å²) in [4.78, 5) is 14.8. The standard InChI is InChI=1S/C18H17BrClFN2O/c19-12-4-6-15(20)14(10-12)18(24)22-16-11-13(21)5-7-17(16)23-8-2-1-3-9-23/h4-7,10-11H,1-3,8-9H2,(H,22,24). The van der Waals surface area contributed by atoms with Gasteiger partial charge in [-0.05, 0) is 55.7 Å². The minimum Gasteiger partial charge on any atom is -0.370 e. The summed E-state index contributed by atoms with van der Waals surface area (Å²) in [5.74, 6) is -0.739. The number of hydrogen-bond acceptors (Lipinski definition) is 2.